The Bertz CT molecular complexity index is 337. The predicted molar refractivity (Wildman–Crippen MR) is 70.2 cm³/mol. The standard InChI is InChI=1S/C11H15ClN2.ClH/c1-4-11(13)9-6-5-8(14(2)3)7-10(9)12;/h4-7,11H,1,13H2,2-3H3;1H/t11-;/m0./s1. The predicted octanol–water partition coefficient (Wildman–Crippen LogP) is 3.01. The Morgan fingerprint density at radius 1 is 1.47 bits per heavy atom. The molecule has 0 saturated carbocycles. The smallest absolute Gasteiger partial charge is 0.0493 e. The van der Waals surface area contributed by atoms with Gasteiger partial charge in [-0.2, -0.15) is 0 Å². The van der Waals surface area contributed by atoms with Crippen LogP contribution < -0.4 is 10.6 Å². The number of hydrogen-bond donors (Lipinski definition) is 1. The topological polar surface area (TPSA) is 29.3 Å². The van der Waals surface area contributed by atoms with E-state index in [4.69, 9.17) is 17.3 Å². The first-order valence-electron chi connectivity index (χ1n) is 4.41. The summed E-state index contributed by atoms with van der Waals surface area (Å²) in [5.41, 5.74) is 7.78. The summed E-state index contributed by atoms with van der Waals surface area (Å²) in [6.07, 6.45) is 1.68. The van der Waals surface area contributed by atoms with Crippen LogP contribution >= 0.6 is 24.0 Å². The molecular weight excluding hydrogens is 231 g/mol. The molecule has 0 radical (unpaired) electrons. The molecule has 0 amide bonds. The Kier molecular flexibility index (Phi) is 5.73. The first-order chi connectivity index (χ1) is 6.56. The second-order valence-electron chi connectivity index (χ2n) is 3.36. The summed E-state index contributed by atoms with van der Waals surface area (Å²) in [7, 11) is 3.94. The molecule has 0 unspecified atom stereocenters. The van der Waals surface area contributed by atoms with E-state index in [0.29, 0.717) is 5.02 Å². The number of hydrogen-bond acceptors (Lipinski definition) is 2. The zero-order chi connectivity index (χ0) is 10.7. The van der Waals surface area contributed by atoms with Crippen molar-refractivity contribution in [3.63, 3.8) is 0 Å². The van der Waals surface area contributed by atoms with E-state index in [-0.39, 0.29) is 18.4 Å². The number of rotatable bonds is 3. The Labute approximate surface area is 102 Å². The third-order valence-corrected chi connectivity index (χ3v) is 2.44. The minimum Gasteiger partial charge on any atom is -0.378 e. The van der Waals surface area contributed by atoms with Gasteiger partial charge in [0.05, 0.1) is 0 Å². The van der Waals surface area contributed by atoms with E-state index in [2.05, 4.69) is 6.58 Å². The molecule has 0 bridgehead atoms. The third kappa shape index (κ3) is 3.42. The normalized spacial score (nSPS) is 11.5. The van der Waals surface area contributed by atoms with Crippen molar-refractivity contribution < 1.29 is 0 Å². The quantitative estimate of drug-likeness (QED) is 0.832. The maximum Gasteiger partial charge on any atom is 0.0493 e. The lowest BCUT2D eigenvalue weighted by atomic mass is 10.1. The molecule has 15 heavy (non-hydrogen) atoms. The van der Waals surface area contributed by atoms with Crippen molar-refractivity contribution in [2.24, 2.45) is 5.73 Å². The molecule has 2 nitrogen and oxygen atoms in total. The first-order valence-corrected chi connectivity index (χ1v) is 4.79. The van der Waals surface area contributed by atoms with Gasteiger partial charge in [-0.05, 0) is 17.7 Å². The van der Waals surface area contributed by atoms with Gasteiger partial charge in [-0.15, -0.1) is 19.0 Å². The van der Waals surface area contributed by atoms with Crippen molar-refractivity contribution in [2.45, 2.75) is 6.04 Å². The van der Waals surface area contributed by atoms with Crippen molar-refractivity contribution in [3.05, 3.63) is 41.4 Å². The van der Waals surface area contributed by atoms with Crippen molar-refractivity contribution >= 4 is 29.7 Å². The van der Waals surface area contributed by atoms with Crippen LogP contribution in [0.2, 0.25) is 5.02 Å². The van der Waals surface area contributed by atoms with Crippen molar-refractivity contribution in [1.29, 1.82) is 0 Å². The Morgan fingerprint density at radius 2 is 2.07 bits per heavy atom. The fraction of sp³-hybridized carbons (Fsp3) is 0.273. The van der Waals surface area contributed by atoms with Gasteiger partial charge in [0.25, 0.3) is 0 Å². The number of anilines is 1. The van der Waals surface area contributed by atoms with Crippen LogP contribution in [0.1, 0.15) is 11.6 Å². The van der Waals surface area contributed by atoms with Gasteiger partial charge in [0.15, 0.2) is 0 Å². The van der Waals surface area contributed by atoms with Crippen LogP contribution in [0.15, 0.2) is 30.9 Å². The summed E-state index contributed by atoms with van der Waals surface area (Å²) in [6.45, 7) is 3.64. The van der Waals surface area contributed by atoms with Crippen LogP contribution in [-0.2, 0) is 0 Å². The molecule has 2 N–H and O–H groups in total. The highest BCUT2D eigenvalue weighted by atomic mass is 35.5. The number of nitrogens with zero attached hydrogens (tertiary/aromatic N) is 1. The van der Waals surface area contributed by atoms with E-state index in [1.807, 2.05) is 37.2 Å². The molecule has 0 aromatic heterocycles. The second-order valence-corrected chi connectivity index (χ2v) is 3.77. The summed E-state index contributed by atoms with van der Waals surface area (Å²) < 4.78 is 0. The van der Waals surface area contributed by atoms with Gasteiger partial charge in [0, 0.05) is 30.8 Å². The van der Waals surface area contributed by atoms with E-state index >= 15 is 0 Å². The molecule has 0 aliphatic carbocycles. The van der Waals surface area contributed by atoms with E-state index in [1.54, 1.807) is 6.08 Å². The van der Waals surface area contributed by atoms with Gasteiger partial charge in [-0.1, -0.05) is 23.7 Å². The molecule has 0 aliphatic rings. The van der Waals surface area contributed by atoms with E-state index in [0.717, 1.165) is 11.3 Å². The second kappa shape index (κ2) is 6.01. The van der Waals surface area contributed by atoms with Crippen LogP contribution in [0.5, 0.6) is 0 Å². The summed E-state index contributed by atoms with van der Waals surface area (Å²) >= 11 is 6.09. The molecular formula is C11H16Cl2N2. The molecule has 0 aliphatic heterocycles. The van der Waals surface area contributed by atoms with Crippen LogP contribution in [0, 0.1) is 0 Å². The Morgan fingerprint density at radius 3 is 2.47 bits per heavy atom. The summed E-state index contributed by atoms with van der Waals surface area (Å²) in [6, 6.07) is 5.63. The molecule has 0 fully saturated rings. The fourth-order valence-corrected chi connectivity index (χ4v) is 1.49. The maximum absolute atomic E-state index is 6.09. The van der Waals surface area contributed by atoms with E-state index < -0.39 is 0 Å². The van der Waals surface area contributed by atoms with Crippen LogP contribution in [0.3, 0.4) is 0 Å². The molecule has 0 saturated heterocycles. The van der Waals surface area contributed by atoms with Gasteiger partial charge >= 0.3 is 0 Å². The third-order valence-electron chi connectivity index (χ3n) is 2.11. The molecule has 1 atom stereocenters. The molecule has 1 rings (SSSR count). The van der Waals surface area contributed by atoms with Crippen LogP contribution in [0.4, 0.5) is 5.69 Å². The Hall–Kier alpha value is -0.700. The SMILES string of the molecule is C=C[C@H](N)c1ccc(N(C)C)cc1Cl.Cl. The minimum atomic E-state index is -0.196. The van der Waals surface area contributed by atoms with Gasteiger partial charge in [0.1, 0.15) is 0 Å². The number of nitrogens with two attached hydrogens (primary N) is 1. The van der Waals surface area contributed by atoms with Gasteiger partial charge in [0.2, 0.25) is 0 Å². The zero-order valence-corrected chi connectivity index (χ0v) is 10.5. The summed E-state index contributed by atoms with van der Waals surface area (Å²) in [4.78, 5) is 2.00. The first kappa shape index (κ1) is 14.3. The highest BCUT2D eigenvalue weighted by Crippen LogP contribution is 2.26. The monoisotopic (exact) mass is 246 g/mol. The van der Waals surface area contributed by atoms with Crippen molar-refractivity contribution in [1.82, 2.24) is 0 Å². The zero-order valence-electron chi connectivity index (χ0n) is 8.90. The average molecular weight is 247 g/mol. The number of halogens is 2. The van der Waals surface area contributed by atoms with Crippen molar-refractivity contribution in [2.75, 3.05) is 19.0 Å². The van der Waals surface area contributed by atoms with E-state index in [9.17, 15) is 0 Å². The molecule has 84 valence electrons. The van der Waals surface area contributed by atoms with E-state index in [1.165, 1.54) is 0 Å². The largest absolute Gasteiger partial charge is 0.378 e. The summed E-state index contributed by atoms with van der Waals surface area (Å²) in [5, 5.41) is 0.684. The Balaban J connectivity index is 0.00000196. The molecule has 4 heteroatoms. The number of benzene rings is 1. The van der Waals surface area contributed by atoms with Crippen LogP contribution in [0.25, 0.3) is 0 Å². The average Bonchev–Trinajstić information content (AvgIpc) is 2.16. The lowest BCUT2D eigenvalue weighted by Crippen LogP contribution is -2.11. The van der Waals surface area contributed by atoms with Gasteiger partial charge in [-0.3, -0.25) is 0 Å². The minimum absolute atomic E-state index is 0. The molecule has 1 aromatic carbocycles. The maximum atomic E-state index is 6.09. The van der Waals surface area contributed by atoms with Crippen molar-refractivity contribution in [3.8, 4) is 0 Å². The van der Waals surface area contributed by atoms with Crippen LogP contribution in [-0.4, -0.2) is 14.1 Å². The van der Waals surface area contributed by atoms with Gasteiger partial charge < -0.3 is 10.6 Å². The fourth-order valence-electron chi connectivity index (χ4n) is 1.19. The highest BCUT2D eigenvalue weighted by molar-refractivity contribution is 6.31. The highest BCUT2D eigenvalue weighted by Gasteiger charge is 2.07. The molecule has 0 heterocycles. The lowest BCUT2D eigenvalue weighted by Gasteiger charge is -2.15. The van der Waals surface area contributed by atoms with Gasteiger partial charge in [-0.25, -0.2) is 0 Å². The lowest BCUT2D eigenvalue weighted by molar-refractivity contribution is 0.914. The molecule has 1 aromatic rings. The summed E-state index contributed by atoms with van der Waals surface area (Å²) in [5.74, 6) is 0. The molecule has 0 spiro atoms.